The number of nitrogens with one attached hydrogen (secondary N) is 1. The zero-order chi connectivity index (χ0) is 15.1. The van der Waals surface area contributed by atoms with E-state index in [0.29, 0.717) is 13.2 Å². The van der Waals surface area contributed by atoms with Crippen molar-refractivity contribution in [1.29, 1.82) is 0 Å². The molecule has 21 heavy (non-hydrogen) atoms. The largest absolute Gasteiger partial charge is 0.491 e. The second-order valence-corrected chi connectivity index (χ2v) is 4.75. The number of hydrogen-bond donors (Lipinski definition) is 1. The Balaban J connectivity index is 2.29. The highest BCUT2D eigenvalue weighted by atomic mass is 16.5. The number of furan rings is 1. The summed E-state index contributed by atoms with van der Waals surface area (Å²) in [4.78, 5) is 0. The van der Waals surface area contributed by atoms with Crippen LogP contribution in [0.4, 0.5) is 0 Å². The lowest BCUT2D eigenvalue weighted by atomic mass is 9.97. The number of methoxy groups -OCH3 is 1. The first-order valence-corrected chi connectivity index (χ1v) is 7.26. The predicted octanol–water partition coefficient (Wildman–Crippen LogP) is 3.18. The zero-order valence-electron chi connectivity index (χ0n) is 12.9. The van der Waals surface area contributed by atoms with Crippen LogP contribution in [0, 0.1) is 0 Å². The van der Waals surface area contributed by atoms with E-state index in [2.05, 4.69) is 18.3 Å². The van der Waals surface area contributed by atoms with Crippen LogP contribution in [0.1, 0.15) is 29.9 Å². The molecular formula is C17H23NO3. The minimum Gasteiger partial charge on any atom is -0.491 e. The SMILES string of the molecule is CCc1occc1C(NC)c1ccccc1OCCOC. The lowest BCUT2D eigenvalue weighted by Crippen LogP contribution is -2.19. The van der Waals surface area contributed by atoms with E-state index in [1.807, 2.05) is 31.3 Å². The van der Waals surface area contributed by atoms with Gasteiger partial charge in [0.15, 0.2) is 0 Å². The van der Waals surface area contributed by atoms with Gasteiger partial charge in [0.2, 0.25) is 0 Å². The van der Waals surface area contributed by atoms with Crippen LogP contribution < -0.4 is 10.1 Å². The monoisotopic (exact) mass is 289 g/mol. The van der Waals surface area contributed by atoms with E-state index in [0.717, 1.165) is 29.1 Å². The van der Waals surface area contributed by atoms with Crippen molar-refractivity contribution in [3.05, 3.63) is 53.5 Å². The summed E-state index contributed by atoms with van der Waals surface area (Å²) in [6, 6.07) is 10.1. The highest BCUT2D eigenvalue weighted by molar-refractivity contribution is 5.42. The summed E-state index contributed by atoms with van der Waals surface area (Å²) in [5, 5.41) is 3.36. The molecular weight excluding hydrogens is 266 g/mol. The maximum absolute atomic E-state index is 5.84. The Hall–Kier alpha value is -1.78. The summed E-state index contributed by atoms with van der Waals surface area (Å²) in [6.45, 7) is 3.20. The molecule has 0 spiro atoms. The van der Waals surface area contributed by atoms with Gasteiger partial charge in [-0.05, 0) is 19.2 Å². The molecule has 0 aliphatic rings. The molecule has 1 atom stereocenters. The minimum atomic E-state index is 0.0532. The molecule has 1 aromatic heterocycles. The van der Waals surface area contributed by atoms with Gasteiger partial charge in [-0.3, -0.25) is 0 Å². The first-order valence-electron chi connectivity index (χ1n) is 7.26. The van der Waals surface area contributed by atoms with Crippen molar-refractivity contribution in [2.24, 2.45) is 0 Å². The van der Waals surface area contributed by atoms with Crippen LogP contribution in [0.25, 0.3) is 0 Å². The maximum Gasteiger partial charge on any atom is 0.124 e. The molecule has 2 aromatic rings. The number of rotatable bonds is 8. The molecule has 0 fully saturated rings. The molecule has 1 aromatic carbocycles. The molecule has 0 amide bonds. The van der Waals surface area contributed by atoms with Crippen LogP contribution in [-0.2, 0) is 11.2 Å². The van der Waals surface area contributed by atoms with Crippen molar-refractivity contribution < 1.29 is 13.9 Å². The van der Waals surface area contributed by atoms with Crippen molar-refractivity contribution in [3.63, 3.8) is 0 Å². The van der Waals surface area contributed by atoms with Crippen LogP contribution in [0.15, 0.2) is 41.0 Å². The lowest BCUT2D eigenvalue weighted by molar-refractivity contribution is 0.145. The van der Waals surface area contributed by atoms with Gasteiger partial charge in [0.25, 0.3) is 0 Å². The summed E-state index contributed by atoms with van der Waals surface area (Å²) in [6.07, 6.45) is 2.61. The Morgan fingerprint density at radius 1 is 1.14 bits per heavy atom. The fraction of sp³-hybridized carbons (Fsp3) is 0.412. The smallest absolute Gasteiger partial charge is 0.124 e. The summed E-state index contributed by atoms with van der Waals surface area (Å²) in [5.41, 5.74) is 2.26. The third-order valence-electron chi connectivity index (χ3n) is 3.48. The van der Waals surface area contributed by atoms with E-state index in [4.69, 9.17) is 13.9 Å². The molecule has 1 unspecified atom stereocenters. The number of para-hydroxylation sites is 1. The quantitative estimate of drug-likeness (QED) is 0.758. The van der Waals surface area contributed by atoms with E-state index in [1.54, 1.807) is 13.4 Å². The average Bonchev–Trinajstić information content (AvgIpc) is 2.98. The Morgan fingerprint density at radius 3 is 2.67 bits per heavy atom. The van der Waals surface area contributed by atoms with E-state index < -0.39 is 0 Å². The van der Waals surface area contributed by atoms with Crippen molar-refractivity contribution in [2.75, 3.05) is 27.4 Å². The predicted molar refractivity (Wildman–Crippen MR) is 82.8 cm³/mol. The number of aryl methyl sites for hydroxylation is 1. The van der Waals surface area contributed by atoms with Gasteiger partial charge in [-0.1, -0.05) is 25.1 Å². The molecule has 1 heterocycles. The molecule has 114 valence electrons. The normalized spacial score (nSPS) is 12.3. The lowest BCUT2D eigenvalue weighted by Gasteiger charge is -2.20. The maximum atomic E-state index is 5.84. The molecule has 4 nitrogen and oxygen atoms in total. The van der Waals surface area contributed by atoms with Gasteiger partial charge in [-0.2, -0.15) is 0 Å². The summed E-state index contributed by atoms with van der Waals surface area (Å²) in [5.74, 6) is 1.87. The minimum absolute atomic E-state index is 0.0532. The molecule has 0 bridgehead atoms. The van der Waals surface area contributed by atoms with E-state index >= 15 is 0 Å². The summed E-state index contributed by atoms with van der Waals surface area (Å²) >= 11 is 0. The fourth-order valence-corrected chi connectivity index (χ4v) is 2.46. The number of hydrogen-bond acceptors (Lipinski definition) is 4. The second kappa shape index (κ2) is 7.86. The molecule has 4 heteroatoms. The van der Waals surface area contributed by atoms with Gasteiger partial charge in [0.05, 0.1) is 18.9 Å². The number of ether oxygens (including phenoxy) is 2. The molecule has 1 N–H and O–H groups in total. The number of benzene rings is 1. The van der Waals surface area contributed by atoms with Crippen LogP contribution >= 0.6 is 0 Å². The third-order valence-corrected chi connectivity index (χ3v) is 3.48. The molecule has 0 radical (unpaired) electrons. The van der Waals surface area contributed by atoms with Gasteiger partial charge >= 0.3 is 0 Å². The average molecular weight is 289 g/mol. The van der Waals surface area contributed by atoms with Gasteiger partial charge < -0.3 is 19.2 Å². The summed E-state index contributed by atoms with van der Waals surface area (Å²) in [7, 11) is 3.62. The van der Waals surface area contributed by atoms with Gasteiger partial charge in [0.1, 0.15) is 18.1 Å². The first-order chi connectivity index (χ1) is 10.3. The van der Waals surface area contributed by atoms with Gasteiger partial charge in [-0.15, -0.1) is 0 Å². The van der Waals surface area contributed by atoms with Gasteiger partial charge in [-0.25, -0.2) is 0 Å². The van der Waals surface area contributed by atoms with Crippen molar-refractivity contribution in [1.82, 2.24) is 5.32 Å². The Kier molecular flexibility index (Phi) is 5.84. The van der Waals surface area contributed by atoms with Crippen molar-refractivity contribution >= 4 is 0 Å². The summed E-state index contributed by atoms with van der Waals surface area (Å²) < 4.78 is 16.4. The zero-order valence-corrected chi connectivity index (χ0v) is 12.9. The van der Waals surface area contributed by atoms with E-state index in [1.165, 1.54) is 0 Å². The molecule has 0 aliphatic carbocycles. The van der Waals surface area contributed by atoms with E-state index in [-0.39, 0.29) is 6.04 Å². The van der Waals surface area contributed by atoms with Crippen LogP contribution in [0.2, 0.25) is 0 Å². The van der Waals surface area contributed by atoms with Crippen molar-refractivity contribution in [2.45, 2.75) is 19.4 Å². The molecule has 0 aliphatic heterocycles. The first kappa shape index (κ1) is 15.6. The Morgan fingerprint density at radius 2 is 1.95 bits per heavy atom. The van der Waals surface area contributed by atoms with E-state index in [9.17, 15) is 0 Å². The van der Waals surface area contributed by atoms with Crippen molar-refractivity contribution in [3.8, 4) is 5.75 Å². The standard InChI is InChI=1S/C17H23NO3/c1-4-15-14(9-10-20-15)17(18-2)13-7-5-6-8-16(13)21-12-11-19-3/h5-10,17-18H,4,11-12H2,1-3H3. The highest BCUT2D eigenvalue weighted by Gasteiger charge is 2.20. The van der Waals surface area contributed by atoms with Crippen LogP contribution in [-0.4, -0.2) is 27.4 Å². The van der Waals surface area contributed by atoms with Crippen LogP contribution in [0.5, 0.6) is 5.75 Å². The van der Waals surface area contributed by atoms with Gasteiger partial charge in [0, 0.05) is 24.7 Å². The second-order valence-electron chi connectivity index (χ2n) is 4.75. The highest BCUT2D eigenvalue weighted by Crippen LogP contribution is 2.32. The topological polar surface area (TPSA) is 43.6 Å². The van der Waals surface area contributed by atoms with Crippen LogP contribution in [0.3, 0.4) is 0 Å². The molecule has 0 saturated heterocycles. The fourth-order valence-electron chi connectivity index (χ4n) is 2.46. The third kappa shape index (κ3) is 3.65. The Bertz CT molecular complexity index is 550. The molecule has 2 rings (SSSR count). The Labute approximate surface area is 126 Å². The molecule has 0 saturated carbocycles.